The molecule has 0 atom stereocenters. The van der Waals surface area contributed by atoms with Crippen molar-refractivity contribution in [2.75, 3.05) is 31.0 Å². The Kier molecular flexibility index (Phi) is 6.10. The number of ether oxygens (including phenoxy) is 3. The molecule has 0 spiro atoms. The molecule has 0 unspecified atom stereocenters. The van der Waals surface area contributed by atoms with E-state index in [1.807, 2.05) is 24.3 Å². The number of rotatable bonds is 5. The summed E-state index contributed by atoms with van der Waals surface area (Å²) in [4.78, 5) is 19.0. The van der Waals surface area contributed by atoms with Crippen LogP contribution in [0.1, 0.15) is 12.0 Å². The summed E-state index contributed by atoms with van der Waals surface area (Å²) in [5.74, 6) is 1.97. The summed E-state index contributed by atoms with van der Waals surface area (Å²) in [6.45, 7) is 0.546. The number of aromatic nitrogens is 1. The molecule has 178 valence electrons. The van der Waals surface area contributed by atoms with Crippen LogP contribution < -0.4 is 24.4 Å². The molecule has 0 bridgehead atoms. The highest BCUT2D eigenvalue weighted by atomic mass is 19.1. The van der Waals surface area contributed by atoms with Crippen molar-refractivity contribution in [1.29, 1.82) is 0 Å². The van der Waals surface area contributed by atoms with Crippen molar-refractivity contribution < 1.29 is 23.4 Å². The largest absolute Gasteiger partial charge is 0.493 e. The van der Waals surface area contributed by atoms with Crippen molar-refractivity contribution in [3.05, 3.63) is 78.2 Å². The SMILES string of the molecule is COc1cc2nccc(Oc3ccc4c(c3)CCCN4C(=O)Nc3ccccc3F)c2cc1OC. The fraction of sp³-hybridized carbons (Fsp3) is 0.185. The lowest BCUT2D eigenvalue weighted by Gasteiger charge is -2.30. The van der Waals surface area contributed by atoms with Crippen LogP contribution in [0.4, 0.5) is 20.6 Å². The molecule has 1 aliphatic heterocycles. The average Bonchev–Trinajstić information content (AvgIpc) is 2.88. The Balaban J connectivity index is 1.42. The van der Waals surface area contributed by atoms with E-state index in [-0.39, 0.29) is 11.7 Å². The van der Waals surface area contributed by atoms with Crippen LogP contribution in [0.25, 0.3) is 10.9 Å². The summed E-state index contributed by atoms with van der Waals surface area (Å²) in [6, 6.07) is 16.8. The molecule has 1 N–H and O–H groups in total. The standard InChI is InChI=1S/C27H24FN3O4/c1-33-25-15-19-22(16-26(25)34-2)29-12-11-24(19)35-18-9-10-23-17(14-18)6-5-13-31(23)27(32)30-21-8-4-3-7-20(21)28/h3-4,7-12,14-16H,5-6,13H2,1-2H3,(H,30,32). The molecule has 1 aliphatic rings. The zero-order valence-electron chi connectivity index (χ0n) is 19.4. The number of fused-ring (bicyclic) bond motifs is 2. The number of methoxy groups -OCH3 is 2. The number of benzene rings is 3. The maximum atomic E-state index is 14.0. The smallest absolute Gasteiger partial charge is 0.326 e. The minimum Gasteiger partial charge on any atom is -0.493 e. The zero-order chi connectivity index (χ0) is 24.4. The number of amides is 2. The highest BCUT2D eigenvalue weighted by Crippen LogP contribution is 2.38. The second-order valence-electron chi connectivity index (χ2n) is 8.09. The first-order valence-corrected chi connectivity index (χ1v) is 11.2. The second-order valence-corrected chi connectivity index (χ2v) is 8.09. The number of pyridine rings is 1. The predicted molar refractivity (Wildman–Crippen MR) is 132 cm³/mol. The first-order valence-electron chi connectivity index (χ1n) is 11.2. The van der Waals surface area contributed by atoms with Crippen LogP contribution >= 0.6 is 0 Å². The molecule has 5 rings (SSSR count). The Morgan fingerprint density at radius 3 is 2.60 bits per heavy atom. The first kappa shape index (κ1) is 22.5. The van der Waals surface area contributed by atoms with Crippen molar-refractivity contribution in [1.82, 2.24) is 4.98 Å². The van der Waals surface area contributed by atoms with Crippen LogP contribution in [0.5, 0.6) is 23.0 Å². The Labute approximate surface area is 202 Å². The van der Waals surface area contributed by atoms with Gasteiger partial charge in [-0.1, -0.05) is 12.1 Å². The summed E-state index contributed by atoms with van der Waals surface area (Å²) in [7, 11) is 3.16. The Morgan fingerprint density at radius 1 is 1.00 bits per heavy atom. The minimum atomic E-state index is -0.472. The van der Waals surface area contributed by atoms with E-state index in [0.717, 1.165) is 29.5 Å². The van der Waals surface area contributed by atoms with Gasteiger partial charge in [0.05, 0.1) is 25.4 Å². The maximum absolute atomic E-state index is 14.0. The number of carbonyl (C=O) groups is 1. The zero-order valence-corrected chi connectivity index (χ0v) is 19.4. The maximum Gasteiger partial charge on any atom is 0.326 e. The molecular formula is C27H24FN3O4. The molecule has 0 saturated carbocycles. The molecule has 3 aromatic carbocycles. The third-order valence-corrected chi connectivity index (χ3v) is 5.96. The summed E-state index contributed by atoms with van der Waals surface area (Å²) < 4.78 is 31.0. The molecule has 35 heavy (non-hydrogen) atoms. The van der Waals surface area contributed by atoms with Crippen LogP contribution in [-0.2, 0) is 6.42 Å². The number of anilines is 2. The Hall–Kier alpha value is -4.33. The average molecular weight is 474 g/mol. The van der Waals surface area contributed by atoms with E-state index in [0.29, 0.717) is 35.1 Å². The Bertz CT molecular complexity index is 1410. The fourth-order valence-corrected chi connectivity index (χ4v) is 4.26. The normalized spacial score (nSPS) is 12.7. The van der Waals surface area contributed by atoms with Crippen LogP contribution in [0, 0.1) is 5.82 Å². The number of urea groups is 1. The number of hydrogen-bond donors (Lipinski definition) is 1. The molecule has 1 aromatic heterocycles. The van der Waals surface area contributed by atoms with Gasteiger partial charge in [0.25, 0.3) is 0 Å². The van der Waals surface area contributed by atoms with E-state index in [2.05, 4.69) is 10.3 Å². The second kappa shape index (κ2) is 9.50. The number of hydrogen-bond acceptors (Lipinski definition) is 5. The summed E-state index contributed by atoms with van der Waals surface area (Å²) in [6.07, 6.45) is 3.27. The molecule has 8 heteroatoms. The molecule has 7 nitrogen and oxygen atoms in total. The summed E-state index contributed by atoms with van der Waals surface area (Å²) >= 11 is 0. The van der Waals surface area contributed by atoms with E-state index >= 15 is 0 Å². The Morgan fingerprint density at radius 2 is 1.80 bits per heavy atom. The molecule has 0 fully saturated rings. The van der Waals surface area contributed by atoms with Gasteiger partial charge in [-0.3, -0.25) is 9.88 Å². The highest BCUT2D eigenvalue weighted by molar-refractivity contribution is 6.02. The van der Waals surface area contributed by atoms with Crippen molar-refractivity contribution in [2.45, 2.75) is 12.8 Å². The lowest BCUT2D eigenvalue weighted by atomic mass is 10.0. The summed E-state index contributed by atoms with van der Waals surface area (Å²) in [5, 5.41) is 3.45. The van der Waals surface area contributed by atoms with E-state index in [9.17, 15) is 9.18 Å². The van der Waals surface area contributed by atoms with E-state index < -0.39 is 5.82 Å². The molecule has 0 radical (unpaired) electrons. The molecule has 4 aromatic rings. The number of nitrogens with one attached hydrogen (secondary N) is 1. The van der Waals surface area contributed by atoms with Gasteiger partial charge in [0, 0.05) is 29.9 Å². The molecule has 2 amide bonds. The van der Waals surface area contributed by atoms with Gasteiger partial charge in [-0.05, 0) is 60.9 Å². The van der Waals surface area contributed by atoms with Gasteiger partial charge >= 0.3 is 6.03 Å². The van der Waals surface area contributed by atoms with Gasteiger partial charge < -0.3 is 19.5 Å². The predicted octanol–water partition coefficient (Wildman–Crippen LogP) is 6.17. The monoisotopic (exact) mass is 473 g/mol. The number of carbonyl (C=O) groups excluding carboxylic acids is 1. The van der Waals surface area contributed by atoms with Gasteiger partial charge in [-0.2, -0.15) is 0 Å². The van der Waals surface area contributed by atoms with Crippen LogP contribution in [-0.4, -0.2) is 31.8 Å². The van der Waals surface area contributed by atoms with Crippen LogP contribution in [0.15, 0.2) is 66.9 Å². The van der Waals surface area contributed by atoms with E-state index in [1.54, 1.807) is 55.6 Å². The molecule has 0 aliphatic carbocycles. The van der Waals surface area contributed by atoms with Crippen molar-refractivity contribution in [3.8, 4) is 23.0 Å². The fourth-order valence-electron chi connectivity index (χ4n) is 4.26. The molecular weight excluding hydrogens is 449 g/mol. The molecule has 2 heterocycles. The minimum absolute atomic E-state index is 0.154. The van der Waals surface area contributed by atoms with E-state index in [1.165, 1.54) is 6.07 Å². The first-order chi connectivity index (χ1) is 17.1. The van der Waals surface area contributed by atoms with Gasteiger partial charge in [0.1, 0.15) is 17.3 Å². The van der Waals surface area contributed by atoms with Crippen molar-refractivity contribution >= 4 is 28.3 Å². The summed E-state index contributed by atoms with van der Waals surface area (Å²) in [5.41, 5.74) is 2.63. The third kappa shape index (κ3) is 4.42. The van der Waals surface area contributed by atoms with Gasteiger partial charge in [-0.15, -0.1) is 0 Å². The van der Waals surface area contributed by atoms with Crippen LogP contribution in [0.2, 0.25) is 0 Å². The van der Waals surface area contributed by atoms with Crippen molar-refractivity contribution in [2.24, 2.45) is 0 Å². The highest BCUT2D eigenvalue weighted by Gasteiger charge is 2.24. The number of para-hydroxylation sites is 1. The van der Waals surface area contributed by atoms with Gasteiger partial charge in [-0.25, -0.2) is 9.18 Å². The van der Waals surface area contributed by atoms with E-state index in [4.69, 9.17) is 14.2 Å². The van der Waals surface area contributed by atoms with Gasteiger partial charge in [0.15, 0.2) is 11.5 Å². The quantitative estimate of drug-likeness (QED) is 0.375. The lowest BCUT2D eigenvalue weighted by Crippen LogP contribution is -2.38. The lowest BCUT2D eigenvalue weighted by molar-refractivity contribution is 0.256. The topological polar surface area (TPSA) is 72.9 Å². The van der Waals surface area contributed by atoms with Gasteiger partial charge in [0.2, 0.25) is 0 Å². The number of nitrogens with zero attached hydrogens (tertiary/aromatic N) is 2. The number of halogens is 1. The number of aryl methyl sites for hydroxylation is 1. The van der Waals surface area contributed by atoms with Crippen molar-refractivity contribution in [3.63, 3.8) is 0 Å². The third-order valence-electron chi connectivity index (χ3n) is 5.96. The van der Waals surface area contributed by atoms with Crippen LogP contribution in [0.3, 0.4) is 0 Å². The molecule has 0 saturated heterocycles.